The summed E-state index contributed by atoms with van der Waals surface area (Å²) < 4.78 is 5.01. The van der Waals surface area contributed by atoms with Gasteiger partial charge in [0.1, 0.15) is 0 Å². The van der Waals surface area contributed by atoms with E-state index in [0.29, 0.717) is 23.7 Å². The molecule has 0 aromatic heterocycles. The van der Waals surface area contributed by atoms with E-state index in [0.717, 1.165) is 5.69 Å². The second kappa shape index (κ2) is 6.32. The van der Waals surface area contributed by atoms with Gasteiger partial charge in [0.15, 0.2) is 5.84 Å². The second-order valence-corrected chi connectivity index (χ2v) is 4.00. The zero-order valence-electron chi connectivity index (χ0n) is 9.85. The van der Waals surface area contributed by atoms with Gasteiger partial charge in [0.05, 0.1) is 6.61 Å². The van der Waals surface area contributed by atoms with E-state index in [9.17, 15) is 0 Å². The minimum Gasteiger partial charge on any atom is -0.409 e. The van der Waals surface area contributed by atoms with Crippen molar-refractivity contribution in [3.05, 3.63) is 28.8 Å². The average molecular weight is 258 g/mol. The SMILES string of the molecule is COCCN(C)c1cc(Cl)ccc1C(N)=NO. The third kappa shape index (κ3) is 3.51. The number of ether oxygens (including phenoxy) is 1. The van der Waals surface area contributed by atoms with Gasteiger partial charge in [-0.05, 0) is 18.2 Å². The van der Waals surface area contributed by atoms with Gasteiger partial charge in [-0.3, -0.25) is 0 Å². The molecule has 0 aliphatic heterocycles. The third-order valence-electron chi connectivity index (χ3n) is 2.39. The summed E-state index contributed by atoms with van der Waals surface area (Å²) >= 11 is 5.94. The number of nitrogens with two attached hydrogens (primary N) is 1. The topological polar surface area (TPSA) is 71.1 Å². The van der Waals surface area contributed by atoms with Crippen LogP contribution in [-0.2, 0) is 4.74 Å². The van der Waals surface area contributed by atoms with E-state index in [1.807, 2.05) is 11.9 Å². The number of rotatable bonds is 5. The average Bonchev–Trinajstić information content (AvgIpc) is 2.34. The zero-order valence-corrected chi connectivity index (χ0v) is 10.6. The fourth-order valence-electron chi connectivity index (χ4n) is 1.44. The van der Waals surface area contributed by atoms with Crippen molar-refractivity contribution >= 4 is 23.1 Å². The van der Waals surface area contributed by atoms with E-state index in [4.69, 9.17) is 27.3 Å². The fraction of sp³-hybridized carbons (Fsp3) is 0.364. The van der Waals surface area contributed by atoms with Crippen LogP contribution >= 0.6 is 11.6 Å². The molecule has 0 radical (unpaired) electrons. The van der Waals surface area contributed by atoms with E-state index in [-0.39, 0.29) is 5.84 Å². The molecule has 1 aromatic rings. The summed E-state index contributed by atoms with van der Waals surface area (Å²) in [7, 11) is 3.52. The standard InChI is InChI=1S/C11H16ClN3O2/c1-15(5-6-17-2)10-7-8(12)3-4-9(10)11(13)14-16/h3-4,7,16H,5-6H2,1-2H3,(H2,13,14). The first-order valence-electron chi connectivity index (χ1n) is 5.07. The maximum Gasteiger partial charge on any atom is 0.172 e. The molecule has 0 fully saturated rings. The number of nitrogens with zero attached hydrogens (tertiary/aromatic N) is 2. The van der Waals surface area contributed by atoms with E-state index in [2.05, 4.69) is 5.16 Å². The monoisotopic (exact) mass is 257 g/mol. The molecule has 0 saturated carbocycles. The molecule has 0 unspecified atom stereocenters. The quantitative estimate of drug-likeness (QED) is 0.363. The molecule has 5 nitrogen and oxygen atoms in total. The first-order chi connectivity index (χ1) is 8.10. The number of likely N-dealkylation sites (N-methyl/N-ethyl adjacent to an activating group) is 1. The summed E-state index contributed by atoms with van der Waals surface area (Å²) in [5.41, 5.74) is 7.04. The highest BCUT2D eigenvalue weighted by Crippen LogP contribution is 2.23. The minimum absolute atomic E-state index is 0.0564. The molecule has 0 amide bonds. The van der Waals surface area contributed by atoms with Crippen LogP contribution in [0.25, 0.3) is 0 Å². The van der Waals surface area contributed by atoms with Crippen molar-refractivity contribution in [1.82, 2.24) is 0 Å². The summed E-state index contributed by atoms with van der Waals surface area (Å²) in [5, 5.41) is 12.3. The lowest BCUT2D eigenvalue weighted by atomic mass is 10.1. The molecule has 1 aromatic carbocycles. The number of oxime groups is 1. The summed E-state index contributed by atoms with van der Waals surface area (Å²) in [4.78, 5) is 1.93. The van der Waals surface area contributed by atoms with Crippen LogP contribution in [-0.4, -0.2) is 38.4 Å². The Hall–Kier alpha value is -1.46. The van der Waals surface area contributed by atoms with Gasteiger partial charge < -0.3 is 20.6 Å². The van der Waals surface area contributed by atoms with Crippen molar-refractivity contribution in [2.24, 2.45) is 10.9 Å². The van der Waals surface area contributed by atoms with Crippen molar-refractivity contribution in [3.8, 4) is 0 Å². The Labute approximate surface area is 105 Å². The van der Waals surface area contributed by atoms with Crippen LogP contribution in [0.15, 0.2) is 23.4 Å². The molecular weight excluding hydrogens is 242 g/mol. The molecule has 0 aliphatic carbocycles. The summed E-state index contributed by atoms with van der Waals surface area (Å²) in [6.45, 7) is 1.27. The Morgan fingerprint density at radius 2 is 2.29 bits per heavy atom. The maximum absolute atomic E-state index is 8.73. The zero-order chi connectivity index (χ0) is 12.8. The predicted molar refractivity (Wildman–Crippen MR) is 69.1 cm³/mol. The van der Waals surface area contributed by atoms with Crippen LogP contribution in [0.3, 0.4) is 0 Å². The first kappa shape index (κ1) is 13.6. The van der Waals surface area contributed by atoms with Crippen LogP contribution in [0.4, 0.5) is 5.69 Å². The number of anilines is 1. The lowest BCUT2D eigenvalue weighted by Crippen LogP contribution is -2.26. The number of methoxy groups -OCH3 is 1. The molecule has 0 heterocycles. The van der Waals surface area contributed by atoms with Crippen LogP contribution < -0.4 is 10.6 Å². The van der Waals surface area contributed by atoms with Crippen molar-refractivity contribution in [1.29, 1.82) is 0 Å². The minimum atomic E-state index is 0.0564. The first-order valence-corrected chi connectivity index (χ1v) is 5.45. The fourth-order valence-corrected chi connectivity index (χ4v) is 1.61. The molecule has 6 heteroatoms. The lowest BCUT2D eigenvalue weighted by Gasteiger charge is -2.21. The Morgan fingerprint density at radius 3 is 2.88 bits per heavy atom. The number of hydrogen-bond donors (Lipinski definition) is 2. The Morgan fingerprint density at radius 1 is 1.59 bits per heavy atom. The molecule has 3 N–H and O–H groups in total. The Bertz CT molecular complexity index is 410. The van der Waals surface area contributed by atoms with Gasteiger partial charge in [0.25, 0.3) is 0 Å². The number of hydrogen-bond acceptors (Lipinski definition) is 4. The molecule has 0 atom stereocenters. The van der Waals surface area contributed by atoms with Crippen molar-refractivity contribution in [3.63, 3.8) is 0 Å². The molecule has 1 rings (SSSR count). The highest BCUT2D eigenvalue weighted by atomic mass is 35.5. The molecule has 0 saturated heterocycles. The van der Waals surface area contributed by atoms with E-state index in [1.165, 1.54) is 0 Å². The summed E-state index contributed by atoms with van der Waals surface area (Å²) in [6.07, 6.45) is 0. The summed E-state index contributed by atoms with van der Waals surface area (Å²) in [6, 6.07) is 5.18. The smallest absolute Gasteiger partial charge is 0.172 e. The maximum atomic E-state index is 8.73. The largest absolute Gasteiger partial charge is 0.409 e. The van der Waals surface area contributed by atoms with Crippen LogP contribution in [0.5, 0.6) is 0 Å². The molecule has 17 heavy (non-hydrogen) atoms. The number of halogens is 1. The van der Waals surface area contributed by atoms with Crippen molar-refractivity contribution in [2.45, 2.75) is 0 Å². The van der Waals surface area contributed by atoms with E-state index >= 15 is 0 Å². The van der Waals surface area contributed by atoms with Gasteiger partial charge in [0.2, 0.25) is 0 Å². The highest BCUT2D eigenvalue weighted by Gasteiger charge is 2.11. The molecule has 0 bridgehead atoms. The normalized spacial score (nSPS) is 11.6. The van der Waals surface area contributed by atoms with Gasteiger partial charge in [-0.2, -0.15) is 0 Å². The molecular formula is C11H16ClN3O2. The van der Waals surface area contributed by atoms with Crippen LogP contribution in [0, 0.1) is 0 Å². The predicted octanol–water partition coefficient (Wildman–Crippen LogP) is 1.52. The van der Waals surface area contributed by atoms with Crippen molar-refractivity contribution < 1.29 is 9.94 Å². The molecule has 94 valence electrons. The summed E-state index contributed by atoms with van der Waals surface area (Å²) in [5.74, 6) is 0.0564. The molecule has 0 spiro atoms. The van der Waals surface area contributed by atoms with Gasteiger partial charge >= 0.3 is 0 Å². The van der Waals surface area contributed by atoms with E-state index < -0.39 is 0 Å². The second-order valence-electron chi connectivity index (χ2n) is 3.56. The Kier molecular flexibility index (Phi) is 5.06. The lowest BCUT2D eigenvalue weighted by molar-refractivity contribution is 0.206. The Balaban J connectivity index is 3.06. The number of benzene rings is 1. The van der Waals surface area contributed by atoms with Gasteiger partial charge in [-0.25, -0.2) is 0 Å². The van der Waals surface area contributed by atoms with Gasteiger partial charge in [0, 0.05) is 37.0 Å². The van der Waals surface area contributed by atoms with Gasteiger partial charge in [-0.15, -0.1) is 0 Å². The van der Waals surface area contributed by atoms with Crippen LogP contribution in [0.1, 0.15) is 5.56 Å². The van der Waals surface area contributed by atoms with Crippen LogP contribution in [0.2, 0.25) is 5.02 Å². The third-order valence-corrected chi connectivity index (χ3v) is 2.62. The van der Waals surface area contributed by atoms with Gasteiger partial charge in [-0.1, -0.05) is 16.8 Å². The molecule has 0 aliphatic rings. The number of amidine groups is 1. The van der Waals surface area contributed by atoms with Crippen molar-refractivity contribution in [2.75, 3.05) is 32.2 Å². The highest BCUT2D eigenvalue weighted by molar-refractivity contribution is 6.31. The van der Waals surface area contributed by atoms with E-state index in [1.54, 1.807) is 25.3 Å².